The summed E-state index contributed by atoms with van der Waals surface area (Å²) in [4.78, 5) is 25.5. The number of ether oxygens (including phenoxy) is 1. The van der Waals surface area contributed by atoms with Gasteiger partial charge in [-0.2, -0.15) is 0 Å². The molecule has 1 saturated heterocycles. The summed E-state index contributed by atoms with van der Waals surface area (Å²) in [6.45, 7) is 3.54. The number of nitrogens with zero attached hydrogens (tertiary/aromatic N) is 1. The molecule has 1 aliphatic carbocycles. The predicted molar refractivity (Wildman–Crippen MR) is 80.5 cm³/mol. The molecule has 0 aromatic carbocycles. The van der Waals surface area contributed by atoms with Gasteiger partial charge >= 0.3 is 0 Å². The van der Waals surface area contributed by atoms with Gasteiger partial charge in [-0.05, 0) is 31.6 Å². The van der Waals surface area contributed by atoms with Crippen LogP contribution in [0.2, 0.25) is 0 Å². The zero-order valence-corrected chi connectivity index (χ0v) is 13.1. The molecule has 0 aromatic heterocycles. The van der Waals surface area contributed by atoms with E-state index in [9.17, 15) is 9.59 Å². The van der Waals surface area contributed by atoms with Gasteiger partial charge in [0.1, 0.15) is 0 Å². The summed E-state index contributed by atoms with van der Waals surface area (Å²) in [5.41, 5.74) is 5.27. The van der Waals surface area contributed by atoms with Crippen LogP contribution in [-0.4, -0.2) is 42.5 Å². The van der Waals surface area contributed by atoms with Crippen LogP contribution in [0.15, 0.2) is 0 Å². The quantitative estimate of drug-likeness (QED) is 0.839. The fourth-order valence-electron chi connectivity index (χ4n) is 3.47. The molecule has 2 amide bonds. The topological polar surface area (TPSA) is 72.6 Å². The first-order chi connectivity index (χ1) is 10.1. The summed E-state index contributed by atoms with van der Waals surface area (Å²) >= 11 is 0. The molecule has 1 heterocycles. The van der Waals surface area contributed by atoms with E-state index in [1.165, 1.54) is 32.1 Å². The van der Waals surface area contributed by atoms with E-state index in [1.807, 2.05) is 0 Å². The first-order valence-corrected chi connectivity index (χ1v) is 8.31. The number of amides is 2. The van der Waals surface area contributed by atoms with E-state index in [1.54, 1.807) is 4.90 Å². The minimum absolute atomic E-state index is 0.134. The van der Waals surface area contributed by atoms with E-state index in [-0.39, 0.29) is 11.8 Å². The Labute approximate surface area is 127 Å². The number of primary amides is 1. The van der Waals surface area contributed by atoms with Crippen molar-refractivity contribution in [2.24, 2.45) is 17.6 Å². The highest BCUT2D eigenvalue weighted by Crippen LogP contribution is 2.33. The zero-order chi connectivity index (χ0) is 15.2. The van der Waals surface area contributed by atoms with E-state index in [4.69, 9.17) is 10.5 Å². The second-order valence-electron chi connectivity index (χ2n) is 6.41. The van der Waals surface area contributed by atoms with Gasteiger partial charge < -0.3 is 15.4 Å². The van der Waals surface area contributed by atoms with Gasteiger partial charge in [0.05, 0.1) is 13.2 Å². The van der Waals surface area contributed by atoms with Crippen LogP contribution in [0.5, 0.6) is 0 Å². The number of rotatable bonds is 5. The lowest BCUT2D eigenvalue weighted by atomic mass is 9.79. The molecule has 0 aromatic rings. The Balaban J connectivity index is 1.80. The van der Waals surface area contributed by atoms with Crippen LogP contribution in [-0.2, 0) is 14.3 Å². The van der Waals surface area contributed by atoms with Crippen molar-refractivity contribution in [3.8, 4) is 0 Å². The van der Waals surface area contributed by atoms with Crippen LogP contribution in [0.4, 0.5) is 0 Å². The van der Waals surface area contributed by atoms with Crippen molar-refractivity contribution in [1.82, 2.24) is 4.90 Å². The summed E-state index contributed by atoms with van der Waals surface area (Å²) in [5.74, 6) is 0.654. The summed E-state index contributed by atoms with van der Waals surface area (Å²) in [7, 11) is 0. The third-order valence-corrected chi connectivity index (χ3v) is 4.86. The molecule has 2 aliphatic rings. The van der Waals surface area contributed by atoms with Crippen LogP contribution >= 0.6 is 0 Å². The third kappa shape index (κ3) is 4.43. The molecule has 5 heteroatoms. The van der Waals surface area contributed by atoms with Crippen molar-refractivity contribution in [2.45, 2.75) is 58.0 Å². The van der Waals surface area contributed by atoms with Crippen LogP contribution in [0.25, 0.3) is 0 Å². The van der Waals surface area contributed by atoms with Crippen LogP contribution in [0, 0.1) is 11.8 Å². The largest absolute Gasteiger partial charge is 0.367 e. The molecule has 0 radical (unpaired) electrons. The fourth-order valence-corrected chi connectivity index (χ4v) is 3.47. The number of unbranched alkanes of at least 4 members (excludes halogenated alkanes) is 1. The van der Waals surface area contributed by atoms with Crippen molar-refractivity contribution >= 4 is 11.8 Å². The Morgan fingerprint density at radius 3 is 2.57 bits per heavy atom. The summed E-state index contributed by atoms with van der Waals surface area (Å²) in [6, 6.07) is 0. The number of carbonyl (C=O) groups excluding carboxylic acids is 2. The van der Waals surface area contributed by atoms with Gasteiger partial charge in [0.15, 0.2) is 6.10 Å². The molecule has 2 fully saturated rings. The SMILES string of the molecule is CCCCC1CCC(C(=O)N2CCO[C@@H](C(N)=O)C2)CC1. The zero-order valence-electron chi connectivity index (χ0n) is 13.1. The Hall–Kier alpha value is -1.10. The molecular formula is C16H28N2O3. The maximum absolute atomic E-state index is 12.6. The standard InChI is InChI=1S/C16H28N2O3/c1-2-3-4-12-5-7-13(8-6-12)16(20)18-9-10-21-14(11-18)15(17)19/h12-14H,2-11H2,1H3,(H2,17,19)/t12?,13?,14-/m1/s1. The lowest BCUT2D eigenvalue weighted by Gasteiger charge is -2.36. The number of hydrogen-bond acceptors (Lipinski definition) is 3. The summed E-state index contributed by atoms with van der Waals surface area (Å²) in [6.07, 6.45) is 7.54. The fraction of sp³-hybridized carbons (Fsp3) is 0.875. The Bertz CT molecular complexity index is 365. The molecule has 120 valence electrons. The van der Waals surface area contributed by atoms with Crippen molar-refractivity contribution in [1.29, 1.82) is 0 Å². The maximum atomic E-state index is 12.6. The van der Waals surface area contributed by atoms with Gasteiger partial charge in [-0.3, -0.25) is 9.59 Å². The molecule has 2 N–H and O–H groups in total. The normalized spacial score (nSPS) is 30.1. The highest BCUT2D eigenvalue weighted by Gasteiger charge is 2.33. The number of nitrogens with two attached hydrogens (primary N) is 1. The first kappa shape index (κ1) is 16.3. The average molecular weight is 296 g/mol. The van der Waals surface area contributed by atoms with Gasteiger partial charge in [0.2, 0.25) is 11.8 Å². The van der Waals surface area contributed by atoms with E-state index in [2.05, 4.69) is 6.92 Å². The van der Waals surface area contributed by atoms with Crippen molar-refractivity contribution in [3.05, 3.63) is 0 Å². The van der Waals surface area contributed by atoms with Crippen molar-refractivity contribution in [2.75, 3.05) is 19.7 Å². The minimum atomic E-state index is -0.636. The number of hydrogen-bond donors (Lipinski definition) is 1. The minimum Gasteiger partial charge on any atom is -0.367 e. The molecule has 1 aliphatic heterocycles. The number of morpholine rings is 1. The summed E-state index contributed by atoms with van der Waals surface area (Å²) in [5, 5.41) is 0. The second kappa shape index (κ2) is 7.78. The first-order valence-electron chi connectivity index (χ1n) is 8.31. The van der Waals surface area contributed by atoms with E-state index < -0.39 is 12.0 Å². The van der Waals surface area contributed by atoms with Crippen LogP contribution in [0.1, 0.15) is 51.9 Å². The van der Waals surface area contributed by atoms with Gasteiger partial charge in [-0.1, -0.05) is 26.2 Å². The molecule has 0 bridgehead atoms. The lowest BCUT2D eigenvalue weighted by molar-refractivity contribution is -0.149. The van der Waals surface area contributed by atoms with E-state index >= 15 is 0 Å². The van der Waals surface area contributed by atoms with Crippen LogP contribution < -0.4 is 5.73 Å². The van der Waals surface area contributed by atoms with Crippen molar-refractivity contribution in [3.63, 3.8) is 0 Å². The second-order valence-corrected chi connectivity index (χ2v) is 6.41. The molecule has 0 unspecified atom stereocenters. The monoisotopic (exact) mass is 296 g/mol. The third-order valence-electron chi connectivity index (χ3n) is 4.86. The molecule has 1 saturated carbocycles. The smallest absolute Gasteiger partial charge is 0.248 e. The molecule has 5 nitrogen and oxygen atoms in total. The molecule has 1 atom stereocenters. The van der Waals surface area contributed by atoms with Gasteiger partial charge in [-0.15, -0.1) is 0 Å². The van der Waals surface area contributed by atoms with Gasteiger partial charge in [-0.25, -0.2) is 0 Å². The van der Waals surface area contributed by atoms with Gasteiger partial charge in [0.25, 0.3) is 0 Å². The molecule has 21 heavy (non-hydrogen) atoms. The van der Waals surface area contributed by atoms with E-state index in [0.717, 1.165) is 18.8 Å². The Kier molecular flexibility index (Phi) is 6.03. The lowest BCUT2D eigenvalue weighted by Crippen LogP contribution is -2.52. The summed E-state index contributed by atoms with van der Waals surface area (Å²) < 4.78 is 5.30. The van der Waals surface area contributed by atoms with Crippen molar-refractivity contribution < 1.29 is 14.3 Å². The molecular weight excluding hydrogens is 268 g/mol. The van der Waals surface area contributed by atoms with E-state index in [0.29, 0.717) is 19.7 Å². The maximum Gasteiger partial charge on any atom is 0.248 e. The highest BCUT2D eigenvalue weighted by atomic mass is 16.5. The van der Waals surface area contributed by atoms with Gasteiger partial charge in [0, 0.05) is 12.5 Å². The Morgan fingerprint density at radius 2 is 1.95 bits per heavy atom. The van der Waals surface area contributed by atoms with Crippen LogP contribution in [0.3, 0.4) is 0 Å². The average Bonchev–Trinajstić information content (AvgIpc) is 2.53. The molecule has 2 rings (SSSR count). The molecule has 0 spiro atoms. The predicted octanol–water partition coefficient (Wildman–Crippen LogP) is 1.70. The number of carbonyl (C=O) groups is 2. The Morgan fingerprint density at radius 1 is 1.24 bits per heavy atom. The highest BCUT2D eigenvalue weighted by molar-refractivity contribution is 5.82.